The van der Waals surface area contributed by atoms with Gasteiger partial charge in [0.1, 0.15) is 12.4 Å². The molecule has 0 fully saturated rings. The lowest BCUT2D eigenvalue weighted by Crippen LogP contribution is -2.05. The lowest BCUT2D eigenvalue weighted by Gasteiger charge is -2.13. The van der Waals surface area contributed by atoms with Gasteiger partial charge in [0.05, 0.1) is 11.3 Å². The summed E-state index contributed by atoms with van der Waals surface area (Å²) in [6.07, 6.45) is 2.61. The minimum Gasteiger partial charge on any atom is -0.488 e. The fraction of sp³-hybridized carbons (Fsp3) is 0.200. The van der Waals surface area contributed by atoms with E-state index >= 15 is 0 Å². The molecule has 4 heteroatoms. The highest BCUT2D eigenvalue weighted by Gasteiger charge is 2.11. The average Bonchev–Trinajstić information content (AvgIpc) is 3.11. The summed E-state index contributed by atoms with van der Waals surface area (Å²) in [5.74, 6) is 0.591. The van der Waals surface area contributed by atoms with E-state index in [1.807, 2.05) is 59.3 Å². The van der Waals surface area contributed by atoms with Gasteiger partial charge in [-0.05, 0) is 43.7 Å². The molecular formula is C20H20N2O2. The molecule has 3 rings (SSSR count). The molecule has 0 bridgehead atoms. The third-order valence-corrected chi connectivity index (χ3v) is 3.83. The minimum absolute atomic E-state index is 0.253. The summed E-state index contributed by atoms with van der Waals surface area (Å²) in [6, 6.07) is 17.8. The number of carbonyl (C=O) groups is 1. The zero-order valence-corrected chi connectivity index (χ0v) is 13.8. The number of rotatable bonds is 6. The third kappa shape index (κ3) is 3.38. The van der Waals surface area contributed by atoms with Gasteiger partial charge in [-0.25, -0.2) is 0 Å². The number of benzene rings is 2. The van der Waals surface area contributed by atoms with E-state index in [0.29, 0.717) is 17.9 Å². The standard InChI is InChI=1S/C20H20N2O2/c1-15(2)22-19(10-11-21-22)17-8-9-20(18(12-17)13-23)24-14-16-6-4-3-5-7-16/h3-13,15H,14H2,1-2H3. The predicted octanol–water partition coefficient (Wildman–Crippen LogP) is 4.52. The lowest BCUT2D eigenvalue weighted by molar-refractivity contribution is 0.111. The van der Waals surface area contributed by atoms with Crippen molar-refractivity contribution < 1.29 is 9.53 Å². The quantitative estimate of drug-likeness (QED) is 0.627. The molecule has 0 aliphatic rings. The molecule has 0 amide bonds. The minimum atomic E-state index is 0.253. The summed E-state index contributed by atoms with van der Waals surface area (Å²) in [5, 5.41) is 4.34. The first-order chi connectivity index (χ1) is 11.7. The molecule has 2 aromatic carbocycles. The van der Waals surface area contributed by atoms with Crippen LogP contribution < -0.4 is 4.74 Å². The molecule has 1 heterocycles. The fourth-order valence-electron chi connectivity index (χ4n) is 2.62. The summed E-state index contributed by atoms with van der Waals surface area (Å²) in [5.41, 5.74) is 3.55. The zero-order chi connectivity index (χ0) is 16.9. The first-order valence-electron chi connectivity index (χ1n) is 7.99. The molecule has 0 atom stereocenters. The Morgan fingerprint density at radius 2 is 1.92 bits per heavy atom. The van der Waals surface area contributed by atoms with Gasteiger partial charge in [-0.2, -0.15) is 5.10 Å². The SMILES string of the molecule is CC(C)n1nccc1-c1ccc(OCc2ccccc2)c(C=O)c1. The normalized spacial score (nSPS) is 10.8. The Balaban J connectivity index is 1.85. The van der Waals surface area contributed by atoms with Crippen LogP contribution in [0.1, 0.15) is 35.8 Å². The Kier molecular flexibility index (Phi) is 4.75. The topological polar surface area (TPSA) is 44.1 Å². The predicted molar refractivity (Wildman–Crippen MR) is 94.2 cm³/mol. The molecule has 0 unspecified atom stereocenters. The van der Waals surface area contributed by atoms with Gasteiger partial charge in [0.15, 0.2) is 6.29 Å². The Morgan fingerprint density at radius 3 is 2.62 bits per heavy atom. The van der Waals surface area contributed by atoms with Crippen LogP contribution in [-0.4, -0.2) is 16.1 Å². The molecule has 4 nitrogen and oxygen atoms in total. The van der Waals surface area contributed by atoms with E-state index in [2.05, 4.69) is 18.9 Å². The van der Waals surface area contributed by atoms with E-state index in [-0.39, 0.29) is 6.04 Å². The molecule has 1 aromatic heterocycles. The summed E-state index contributed by atoms with van der Waals surface area (Å²) >= 11 is 0. The van der Waals surface area contributed by atoms with Gasteiger partial charge in [0.25, 0.3) is 0 Å². The van der Waals surface area contributed by atoms with Crippen LogP contribution >= 0.6 is 0 Å². The molecule has 0 aliphatic heterocycles. The number of hydrogen-bond acceptors (Lipinski definition) is 3. The average molecular weight is 320 g/mol. The molecule has 3 aromatic rings. The molecule has 0 saturated carbocycles. The van der Waals surface area contributed by atoms with Crippen LogP contribution in [0, 0.1) is 0 Å². The van der Waals surface area contributed by atoms with Gasteiger partial charge in [0, 0.05) is 17.8 Å². The summed E-state index contributed by atoms with van der Waals surface area (Å²) in [7, 11) is 0. The van der Waals surface area contributed by atoms with E-state index in [1.54, 1.807) is 6.20 Å². The maximum Gasteiger partial charge on any atom is 0.153 e. The van der Waals surface area contributed by atoms with Crippen molar-refractivity contribution in [1.82, 2.24) is 9.78 Å². The Morgan fingerprint density at radius 1 is 1.12 bits per heavy atom. The largest absolute Gasteiger partial charge is 0.488 e. The number of hydrogen-bond donors (Lipinski definition) is 0. The second-order valence-electron chi connectivity index (χ2n) is 5.90. The van der Waals surface area contributed by atoms with Crippen LogP contribution in [0.2, 0.25) is 0 Å². The van der Waals surface area contributed by atoms with Crippen molar-refractivity contribution in [2.45, 2.75) is 26.5 Å². The number of aromatic nitrogens is 2. The van der Waals surface area contributed by atoms with Crippen LogP contribution in [0.4, 0.5) is 0 Å². The van der Waals surface area contributed by atoms with Crippen molar-refractivity contribution in [3.8, 4) is 17.0 Å². The zero-order valence-electron chi connectivity index (χ0n) is 13.8. The maximum atomic E-state index is 11.5. The lowest BCUT2D eigenvalue weighted by atomic mass is 10.1. The number of aldehydes is 1. The summed E-state index contributed by atoms with van der Waals surface area (Å²) < 4.78 is 7.75. The molecule has 0 radical (unpaired) electrons. The van der Waals surface area contributed by atoms with Crippen molar-refractivity contribution in [3.05, 3.63) is 71.9 Å². The highest BCUT2D eigenvalue weighted by atomic mass is 16.5. The monoisotopic (exact) mass is 320 g/mol. The van der Waals surface area contributed by atoms with Crippen LogP contribution in [0.25, 0.3) is 11.3 Å². The van der Waals surface area contributed by atoms with Crippen molar-refractivity contribution in [3.63, 3.8) is 0 Å². The van der Waals surface area contributed by atoms with Crippen LogP contribution in [0.15, 0.2) is 60.8 Å². The van der Waals surface area contributed by atoms with E-state index in [0.717, 1.165) is 23.1 Å². The Bertz CT molecular complexity index is 823. The number of carbonyl (C=O) groups excluding carboxylic acids is 1. The maximum absolute atomic E-state index is 11.5. The highest BCUT2D eigenvalue weighted by molar-refractivity contribution is 5.82. The third-order valence-electron chi connectivity index (χ3n) is 3.83. The van der Waals surface area contributed by atoms with E-state index in [1.165, 1.54) is 0 Å². The van der Waals surface area contributed by atoms with Gasteiger partial charge in [-0.15, -0.1) is 0 Å². The number of nitrogens with zero attached hydrogens (tertiary/aromatic N) is 2. The second kappa shape index (κ2) is 7.13. The fourth-order valence-corrected chi connectivity index (χ4v) is 2.62. The molecule has 0 aliphatic carbocycles. The molecule has 0 spiro atoms. The molecule has 0 N–H and O–H groups in total. The van der Waals surface area contributed by atoms with Gasteiger partial charge >= 0.3 is 0 Å². The first kappa shape index (κ1) is 16.0. The van der Waals surface area contributed by atoms with Gasteiger partial charge in [-0.3, -0.25) is 9.48 Å². The van der Waals surface area contributed by atoms with E-state index in [4.69, 9.17) is 4.74 Å². The molecule has 122 valence electrons. The highest BCUT2D eigenvalue weighted by Crippen LogP contribution is 2.27. The number of ether oxygens (including phenoxy) is 1. The molecule has 24 heavy (non-hydrogen) atoms. The Labute approximate surface area is 141 Å². The second-order valence-corrected chi connectivity index (χ2v) is 5.90. The summed E-state index contributed by atoms with van der Waals surface area (Å²) in [4.78, 5) is 11.5. The van der Waals surface area contributed by atoms with E-state index < -0.39 is 0 Å². The smallest absolute Gasteiger partial charge is 0.153 e. The van der Waals surface area contributed by atoms with Gasteiger partial charge in [-0.1, -0.05) is 30.3 Å². The summed E-state index contributed by atoms with van der Waals surface area (Å²) in [6.45, 7) is 4.59. The molecular weight excluding hydrogens is 300 g/mol. The van der Waals surface area contributed by atoms with Crippen molar-refractivity contribution in [2.75, 3.05) is 0 Å². The van der Waals surface area contributed by atoms with Gasteiger partial charge in [0.2, 0.25) is 0 Å². The first-order valence-corrected chi connectivity index (χ1v) is 7.99. The molecule has 0 saturated heterocycles. The van der Waals surface area contributed by atoms with Crippen molar-refractivity contribution >= 4 is 6.29 Å². The Hall–Kier alpha value is -2.88. The van der Waals surface area contributed by atoms with Gasteiger partial charge < -0.3 is 4.74 Å². The van der Waals surface area contributed by atoms with Crippen molar-refractivity contribution in [1.29, 1.82) is 0 Å². The van der Waals surface area contributed by atoms with Crippen LogP contribution in [0.5, 0.6) is 5.75 Å². The van der Waals surface area contributed by atoms with E-state index in [9.17, 15) is 4.79 Å². The van der Waals surface area contributed by atoms with Crippen LogP contribution in [-0.2, 0) is 6.61 Å². The van der Waals surface area contributed by atoms with Crippen molar-refractivity contribution in [2.24, 2.45) is 0 Å². The van der Waals surface area contributed by atoms with Crippen LogP contribution in [0.3, 0.4) is 0 Å².